The molecule has 0 N–H and O–H groups in total. The zero-order valence-electron chi connectivity index (χ0n) is 12.4. The molecule has 3 rings (SSSR count). The minimum absolute atomic E-state index is 0.585. The Labute approximate surface area is 184 Å². The van der Waals surface area contributed by atoms with Crippen molar-refractivity contribution in [3.63, 3.8) is 0 Å². The molecule has 0 saturated carbocycles. The number of benzene rings is 3. The molecule has 0 amide bonds. The van der Waals surface area contributed by atoms with Gasteiger partial charge in [0.1, 0.15) is 0 Å². The summed E-state index contributed by atoms with van der Waals surface area (Å²) in [5, 5.41) is 3.60. The molecule has 0 aliphatic heterocycles. The van der Waals surface area contributed by atoms with Gasteiger partial charge in [0.25, 0.3) is 0 Å². The van der Waals surface area contributed by atoms with E-state index >= 15 is 0 Å². The van der Waals surface area contributed by atoms with Gasteiger partial charge in [-0.1, -0.05) is 0 Å². The second kappa shape index (κ2) is 8.53. The van der Waals surface area contributed by atoms with E-state index < -0.39 is 21.8 Å². The Morgan fingerprint density at radius 3 is 0.960 bits per heavy atom. The van der Waals surface area contributed by atoms with Crippen LogP contribution < -0.4 is 9.81 Å². The Morgan fingerprint density at radius 2 is 0.720 bits per heavy atom. The summed E-state index contributed by atoms with van der Waals surface area (Å²) in [7, 11) is 0. The zero-order valence-corrected chi connectivity index (χ0v) is 20.4. The topological polar surface area (TPSA) is 0 Å². The molecular formula is C18H9BiCl6. The SMILES string of the molecule is Clc1cc[c]([Bi]([c]2ccc(Cl)cc2Cl)[c]2ccc(Cl)cc2Cl)c(Cl)c1. The molecule has 0 atom stereocenters. The van der Waals surface area contributed by atoms with Gasteiger partial charge in [-0.2, -0.15) is 0 Å². The fourth-order valence-corrected chi connectivity index (χ4v) is 14.7. The monoisotopic (exact) mass is 644 g/mol. The van der Waals surface area contributed by atoms with E-state index in [1.807, 2.05) is 36.4 Å². The molecule has 25 heavy (non-hydrogen) atoms. The van der Waals surface area contributed by atoms with Gasteiger partial charge in [-0.25, -0.2) is 0 Å². The Bertz CT molecular complexity index is 818. The van der Waals surface area contributed by atoms with Gasteiger partial charge in [0, 0.05) is 0 Å². The molecule has 0 heterocycles. The van der Waals surface area contributed by atoms with Crippen LogP contribution in [0.15, 0.2) is 54.6 Å². The van der Waals surface area contributed by atoms with Crippen molar-refractivity contribution in [3.05, 3.63) is 84.7 Å². The molecule has 0 aliphatic rings. The van der Waals surface area contributed by atoms with Gasteiger partial charge in [-0.3, -0.25) is 0 Å². The Balaban J connectivity index is 2.27. The van der Waals surface area contributed by atoms with E-state index in [-0.39, 0.29) is 0 Å². The predicted molar refractivity (Wildman–Crippen MR) is 114 cm³/mol. The summed E-state index contributed by atoms with van der Waals surface area (Å²) in [6.07, 6.45) is 0. The van der Waals surface area contributed by atoms with Gasteiger partial charge in [0.15, 0.2) is 0 Å². The third-order valence-corrected chi connectivity index (χ3v) is 16.9. The van der Waals surface area contributed by atoms with Crippen LogP contribution in [0, 0.1) is 0 Å². The molecule has 0 bridgehead atoms. The van der Waals surface area contributed by atoms with Crippen molar-refractivity contribution in [2.24, 2.45) is 0 Å². The van der Waals surface area contributed by atoms with Crippen LogP contribution in [0.3, 0.4) is 0 Å². The summed E-state index contributed by atoms with van der Waals surface area (Å²) in [4.78, 5) is 0. The van der Waals surface area contributed by atoms with E-state index in [9.17, 15) is 0 Å². The summed E-state index contributed by atoms with van der Waals surface area (Å²) in [5.41, 5.74) is 0. The average molecular weight is 647 g/mol. The first-order valence-electron chi connectivity index (χ1n) is 7.02. The Hall–Kier alpha value is 0.283. The second-order valence-corrected chi connectivity index (χ2v) is 15.9. The molecule has 0 fully saturated rings. The van der Waals surface area contributed by atoms with Crippen molar-refractivity contribution in [1.82, 2.24) is 0 Å². The van der Waals surface area contributed by atoms with Gasteiger partial charge in [-0.05, 0) is 0 Å². The van der Waals surface area contributed by atoms with Gasteiger partial charge in [-0.15, -0.1) is 0 Å². The number of hydrogen-bond acceptors (Lipinski definition) is 0. The molecule has 3 aromatic carbocycles. The van der Waals surface area contributed by atoms with Crippen molar-refractivity contribution in [1.29, 1.82) is 0 Å². The average Bonchev–Trinajstić information content (AvgIpc) is 2.52. The molecule has 128 valence electrons. The molecule has 0 aliphatic carbocycles. The summed E-state index contributed by atoms with van der Waals surface area (Å²) < 4.78 is 3.11. The van der Waals surface area contributed by atoms with Crippen LogP contribution in [0.2, 0.25) is 30.1 Å². The van der Waals surface area contributed by atoms with E-state index in [4.69, 9.17) is 69.6 Å². The fourth-order valence-electron chi connectivity index (χ4n) is 2.38. The summed E-state index contributed by atoms with van der Waals surface area (Å²) in [6.45, 7) is 0. The van der Waals surface area contributed by atoms with Crippen molar-refractivity contribution in [3.8, 4) is 0 Å². The van der Waals surface area contributed by atoms with Gasteiger partial charge >= 0.3 is 186 Å². The summed E-state index contributed by atoms with van der Waals surface area (Å²) in [5.74, 6) is 0. The van der Waals surface area contributed by atoms with Crippen LogP contribution in [-0.4, -0.2) is 21.8 Å². The molecule has 0 spiro atoms. The van der Waals surface area contributed by atoms with E-state index in [0.29, 0.717) is 30.1 Å². The molecule has 3 aromatic rings. The van der Waals surface area contributed by atoms with Gasteiger partial charge in [0.05, 0.1) is 0 Å². The first-order valence-corrected chi connectivity index (χ1v) is 14.5. The third kappa shape index (κ3) is 4.58. The standard InChI is InChI=1S/3C6H3Cl2.Bi/c3*7-5-2-1-3-6(8)4-5;/h3*1-2,4H;. The van der Waals surface area contributed by atoms with Crippen LogP contribution in [0.4, 0.5) is 0 Å². The van der Waals surface area contributed by atoms with Crippen LogP contribution >= 0.6 is 69.6 Å². The van der Waals surface area contributed by atoms with Gasteiger partial charge < -0.3 is 0 Å². The van der Waals surface area contributed by atoms with Crippen molar-refractivity contribution < 1.29 is 0 Å². The number of rotatable bonds is 3. The maximum atomic E-state index is 6.52. The third-order valence-electron chi connectivity index (χ3n) is 3.45. The number of hydrogen-bond donors (Lipinski definition) is 0. The van der Waals surface area contributed by atoms with Crippen LogP contribution in [0.25, 0.3) is 0 Å². The molecule has 0 radical (unpaired) electrons. The van der Waals surface area contributed by atoms with Crippen LogP contribution in [0.5, 0.6) is 0 Å². The summed E-state index contributed by atoms with van der Waals surface area (Å²) >= 11 is 34.9. The van der Waals surface area contributed by atoms with Crippen molar-refractivity contribution >= 4 is 101 Å². The van der Waals surface area contributed by atoms with Crippen molar-refractivity contribution in [2.45, 2.75) is 0 Å². The zero-order chi connectivity index (χ0) is 18.1. The fraction of sp³-hybridized carbons (Fsp3) is 0. The predicted octanol–water partition coefficient (Wildman–Crippen LogP) is 6.12. The molecular weight excluding hydrogens is 638 g/mol. The number of halogens is 6. The second-order valence-electron chi connectivity index (χ2n) is 5.12. The van der Waals surface area contributed by atoms with Crippen LogP contribution in [0.1, 0.15) is 0 Å². The van der Waals surface area contributed by atoms with E-state index in [2.05, 4.69) is 0 Å². The van der Waals surface area contributed by atoms with Gasteiger partial charge in [0.2, 0.25) is 0 Å². The first kappa shape index (κ1) is 20.0. The Kier molecular flexibility index (Phi) is 6.83. The van der Waals surface area contributed by atoms with Crippen molar-refractivity contribution in [2.75, 3.05) is 0 Å². The molecule has 0 saturated heterocycles. The Morgan fingerprint density at radius 1 is 0.440 bits per heavy atom. The van der Waals surface area contributed by atoms with E-state index in [1.165, 1.54) is 0 Å². The summed E-state index contributed by atoms with van der Waals surface area (Å²) in [6, 6.07) is 16.6. The maximum absolute atomic E-state index is 6.52. The normalized spacial score (nSPS) is 11.2. The molecule has 0 nitrogen and oxygen atoms in total. The van der Waals surface area contributed by atoms with E-state index in [1.54, 1.807) is 18.2 Å². The van der Waals surface area contributed by atoms with Crippen LogP contribution in [-0.2, 0) is 0 Å². The minimum atomic E-state index is -2.89. The molecule has 0 aromatic heterocycles. The quantitative estimate of drug-likeness (QED) is 0.301. The first-order chi connectivity index (χ1) is 11.9. The molecule has 0 unspecified atom stereocenters. The molecule has 7 heteroatoms. The van der Waals surface area contributed by atoms with E-state index in [0.717, 1.165) is 9.81 Å².